The topological polar surface area (TPSA) is 55.2 Å². The van der Waals surface area contributed by atoms with E-state index in [-0.39, 0.29) is 30.1 Å². The van der Waals surface area contributed by atoms with Gasteiger partial charge in [0.1, 0.15) is 6.54 Å². The molecule has 1 aromatic carbocycles. The second-order valence-corrected chi connectivity index (χ2v) is 6.12. The van der Waals surface area contributed by atoms with E-state index in [0.29, 0.717) is 5.39 Å². The van der Waals surface area contributed by atoms with Gasteiger partial charge in [0, 0.05) is 17.5 Å². The van der Waals surface area contributed by atoms with Gasteiger partial charge in [-0.1, -0.05) is 18.2 Å². The molecule has 0 N–H and O–H groups in total. The van der Waals surface area contributed by atoms with E-state index in [1.54, 1.807) is 12.3 Å². The molecule has 0 unspecified atom stereocenters. The molecule has 0 bridgehead atoms. The number of aromatic nitrogens is 2. The summed E-state index contributed by atoms with van der Waals surface area (Å²) in [5.41, 5.74) is -0.205. The summed E-state index contributed by atoms with van der Waals surface area (Å²) in [5.74, 6) is -0.0235. The molecule has 5 heteroatoms. The van der Waals surface area contributed by atoms with E-state index >= 15 is 0 Å². The number of benzene rings is 1. The third-order valence-corrected chi connectivity index (χ3v) is 4.53. The number of likely N-dealkylation sites (tertiary alicyclic amines) is 1. The summed E-state index contributed by atoms with van der Waals surface area (Å²) >= 11 is 0. The van der Waals surface area contributed by atoms with Gasteiger partial charge in [0.25, 0.3) is 5.56 Å². The number of carbonyl (C=O) groups excluding carboxylic acids is 1. The van der Waals surface area contributed by atoms with Crippen LogP contribution in [-0.2, 0) is 11.3 Å². The van der Waals surface area contributed by atoms with Crippen LogP contribution in [0.5, 0.6) is 0 Å². The Hall–Kier alpha value is -2.17. The molecule has 2 aromatic rings. The molecule has 0 radical (unpaired) electrons. The van der Waals surface area contributed by atoms with Crippen molar-refractivity contribution in [2.75, 3.05) is 0 Å². The van der Waals surface area contributed by atoms with Gasteiger partial charge in [0.15, 0.2) is 0 Å². The van der Waals surface area contributed by atoms with E-state index < -0.39 is 0 Å². The van der Waals surface area contributed by atoms with Crippen LogP contribution in [0.4, 0.5) is 0 Å². The SMILES string of the molecule is C[C@@H]1CCC[C@H](C)N1C(=O)Cn1ncc2ccccc2c1=O. The van der Waals surface area contributed by atoms with Crippen LogP contribution in [0.3, 0.4) is 0 Å². The maximum Gasteiger partial charge on any atom is 0.275 e. The summed E-state index contributed by atoms with van der Waals surface area (Å²) in [5, 5.41) is 5.55. The molecule has 0 aliphatic carbocycles. The Morgan fingerprint density at radius 2 is 1.91 bits per heavy atom. The second-order valence-electron chi connectivity index (χ2n) is 6.12. The Morgan fingerprint density at radius 1 is 1.23 bits per heavy atom. The minimum Gasteiger partial charge on any atom is -0.336 e. The van der Waals surface area contributed by atoms with Gasteiger partial charge < -0.3 is 4.90 Å². The first-order chi connectivity index (χ1) is 10.6. The minimum absolute atomic E-state index is 0.0122. The van der Waals surface area contributed by atoms with Crippen LogP contribution in [0.25, 0.3) is 10.8 Å². The molecular weight excluding hydrogens is 278 g/mol. The molecule has 22 heavy (non-hydrogen) atoms. The van der Waals surface area contributed by atoms with Gasteiger partial charge >= 0.3 is 0 Å². The summed E-state index contributed by atoms with van der Waals surface area (Å²) in [4.78, 5) is 27.0. The highest BCUT2D eigenvalue weighted by atomic mass is 16.2. The first kappa shape index (κ1) is 14.8. The third kappa shape index (κ3) is 2.63. The maximum absolute atomic E-state index is 12.6. The van der Waals surface area contributed by atoms with Gasteiger partial charge in [-0.2, -0.15) is 5.10 Å². The first-order valence-electron chi connectivity index (χ1n) is 7.84. The van der Waals surface area contributed by atoms with E-state index in [4.69, 9.17) is 0 Å². The zero-order valence-corrected chi connectivity index (χ0v) is 13.0. The highest BCUT2D eigenvalue weighted by molar-refractivity contribution is 5.81. The van der Waals surface area contributed by atoms with Gasteiger partial charge in [-0.05, 0) is 39.2 Å². The fourth-order valence-electron chi connectivity index (χ4n) is 3.36. The molecule has 3 rings (SSSR count). The first-order valence-corrected chi connectivity index (χ1v) is 7.84. The molecule has 1 aliphatic heterocycles. The van der Waals surface area contributed by atoms with Crippen LogP contribution in [0.15, 0.2) is 35.3 Å². The number of amides is 1. The standard InChI is InChI=1S/C17H21N3O2/c1-12-6-5-7-13(2)20(12)16(21)11-19-17(22)15-9-4-3-8-14(15)10-18-19/h3-4,8-10,12-13H,5-7,11H2,1-2H3/t12-,13+. The third-order valence-electron chi connectivity index (χ3n) is 4.53. The van der Waals surface area contributed by atoms with Crippen LogP contribution >= 0.6 is 0 Å². The zero-order valence-electron chi connectivity index (χ0n) is 13.0. The Labute approximate surface area is 129 Å². The molecular formula is C17H21N3O2. The lowest BCUT2D eigenvalue weighted by Crippen LogP contribution is -2.49. The summed E-state index contributed by atoms with van der Waals surface area (Å²) in [6, 6.07) is 7.78. The van der Waals surface area contributed by atoms with E-state index in [1.807, 2.05) is 23.1 Å². The maximum atomic E-state index is 12.6. The Morgan fingerprint density at radius 3 is 2.64 bits per heavy atom. The number of nitrogens with zero attached hydrogens (tertiary/aromatic N) is 3. The summed E-state index contributed by atoms with van der Waals surface area (Å²) in [6.45, 7) is 4.16. The largest absolute Gasteiger partial charge is 0.336 e. The Kier molecular flexibility index (Phi) is 3.96. The zero-order chi connectivity index (χ0) is 15.7. The molecule has 5 nitrogen and oxygen atoms in total. The monoisotopic (exact) mass is 299 g/mol. The lowest BCUT2D eigenvalue weighted by molar-refractivity contribution is -0.138. The van der Waals surface area contributed by atoms with Crippen molar-refractivity contribution in [3.05, 3.63) is 40.8 Å². The molecule has 0 saturated carbocycles. The minimum atomic E-state index is -0.205. The normalized spacial score (nSPS) is 22.0. The smallest absolute Gasteiger partial charge is 0.275 e. The number of hydrogen-bond acceptors (Lipinski definition) is 3. The highest BCUT2D eigenvalue weighted by Crippen LogP contribution is 2.22. The summed E-state index contributed by atoms with van der Waals surface area (Å²) in [6.07, 6.45) is 4.85. The van der Waals surface area contributed by atoms with Crippen LogP contribution in [-0.4, -0.2) is 32.7 Å². The average Bonchev–Trinajstić information content (AvgIpc) is 2.50. The quantitative estimate of drug-likeness (QED) is 0.854. The number of fused-ring (bicyclic) bond motifs is 1. The van der Waals surface area contributed by atoms with Crippen molar-refractivity contribution in [3.8, 4) is 0 Å². The summed E-state index contributed by atoms with van der Waals surface area (Å²) < 4.78 is 1.28. The molecule has 116 valence electrons. The van der Waals surface area contributed by atoms with Crippen molar-refractivity contribution < 1.29 is 4.79 Å². The van der Waals surface area contributed by atoms with Gasteiger partial charge in [-0.3, -0.25) is 9.59 Å². The lowest BCUT2D eigenvalue weighted by Gasteiger charge is -2.39. The molecule has 2 atom stereocenters. The number of hydrogen-bond donors (Lipinski definition) is 0. The Bertz CT molecular complexity index is 743. The van der Waals surface area contributed by atoms with Gasteiger partial charge in [0.2, 0.25) is 5.91 Å². The van der Waals surface area contributed by atoms with Crippen molar-refractivity contribution in [2.45, 2.75) is 51.7 Å². The fraction of sp³-hybridized carbons (Fsp3) is 0.471. The fourth-order valence-corrected chi connectivity index (χ4v) is 3.36. The molecule has 1 aromatic heterocycles. The second kappa shape index (κ2) is 5.91. The molecule has 1 amide bonds. The van der Waals surface area contributed by atoms with E-state index in [0.717, 1.165) is 24.6 Å². The van der Waals surface area contributed by atoms with Crippen molar-refractivity contribution in [2.24, 2.45) is 0 Å². The van der Waals surface area contributed by atoms with Gasteiger partial charge in [-0.15, -0.1) is 0 Å². The van der Waals surface area contributed by atoms with Gasteiger partial charge in [0.05, 0.1) is 11.6 Å². The van der Waals surface area contributed by atoms with Crippen molar-refractivity contribution in [1.82, 2.24) is 14.7 Å². The van der Waals surface area contributed by atoms with Gasteiger partial charge in [-0.25, -0.2) is 4.68 Å². The molecule has 0 spiro atoms. The number of rotatable bonds is 2. The van der Waals surface area contributed by atoms with Crippen LogP contribution in [0, 0.1) is 0 Å². The van der Waals surface area contributed by atoms with E-state index in [1.165, 1.54) is 4.68 Å². The molecule has 1 aliphatic rings. The predicted octanol–water partition coefficient (Wildman–Crippen LogP) is 2.19. The van der Waals surface area contributed by atoms with Crippen molar-refractivity contribution in [1.29, 1.82) is 0 Å². The molecule has 1 saturated heterocycles. The van der Waals surface area contributed by atoms with E-state index in [2.05, 4.69) is 18.9 Å². The summed E-state index contributed by atoms with van der Waals surface area (Å²) in [7, 11) is 0. The van der Waals surface area contributed by atoms with Crippen LogP contribution in [0.2, 0.25) is 0 Å². The van der Waals surface area contributed by atoms with Crippen LogP contribution in [0.1, 0.15) is 33.1 Å². The Balaban J connectivity index is 1.88. The van der Waals surface area contributed by atoms with Crippen molar-refractivity contribution >= 4 is 16.7 Å². The predicted molar refractivity (Wildman–Crippen MR) is 85.6 cm³/mol. The molecule has 2 heterocycles. The van der Waals surface area contributed by atoms with Crippen molar-refractivity contribution in [3.63, 3.8) is 0 Å². The lowest BCUT2D eigenvalue weighted by atomic mass is 9.97. The number of piperidine rings is 1. The van der Waals surface area contributed by atoms with Crippen LogP contribution < -0.4 is 5.56 Å². The highest BCUT2D eigenvalue weighted by Gasteiger charge is 2.29. The number of carbonyl (C=O) groups is 1. The van der Waals surface area contributed by atoms with E-state index in [9.17, 15) is 9.59 Å². The molecule has 1 fully saturated rings. The average molecular weight is 299 g/mol.